The molecule has 1 N–H and O–H groups in total. The van der Waals surface area contributed by atoms with Gasteiger partial charge < -0.3 is 10.2 Å². The molecule has 0 radical (unpaired) electrons. The van der Waals surface area contributed by atoms with Crippen LogP contribution >= 0.6 is 0 Å². The smallest absolute Gasteiger partial charge is 0.0562 e. The fraction of sp³-hybridized carbons (Fsp3) is 0.688. The molecule has 2 rings (SSSR count). The van der Waals surface area contributed by atoms with E-state index in [0.717, 1.165) is 18.2 Å². The fourth-order valence-electron chi connectivity index (χ4n) is 2.70. The predicted molar refractivity (Wildman–Crippen MR) is 81.4 cm³/mol. The summed E-state index contributed by atoms with van der Waals surface area (Å²) in [5.41, 5.74) is 2.48. The van der Waals surface area contributed by atoms with Gasteiger partial charge in [-0.2, -0.15) is 0 Å². The first kappa shape index (κ1) is 14.3. The Morgan fingerprint density at radius 3 is 3.05 bits per heavy atom. The second-order valence-corrected chi connectivity index (χ2v) is 5.90. The summed E-state index contributed by atoms with van der Waals surface area (Å²) < 4.78 is 0. The molecule has 19 heavy (non-hydrogen) atoms. The molecular formula is C16H27N3. The average molecular weight is 261 g/mol. The number of anilines is 1. The van der Waals surface area contributed by atoms with E-state index in [4.69, 9.17) is 0 Å². The van der Waals surface area contributed by atoms with Crippen LogP contribution in [0, 0.1) is 5.92 Å². The van der Waals surface area contributed by atoms with E-state index >= 15 is 0 Å². The highest BCUT2D eigenvalue weighted by Crippen LogP contribution is 2.24. The van der Waals surface area contributed by atoms with Gasteiger partial charge in [-0.15, -0.1) is 0 Å². The number of rotatable bonds is 5. The molecule has 1 unspecified atom stereocenters. The molecule has 1 saturated heterocycles. The molecular weight excluding hydrogens is 234 g/mol. The second kappa shape index (κ2) is 6.90. The maximum atomic E-state index is 4.46. The molecule has 0 spiro atoms. The Bertz CT molecular complexity index is 389. The molecule has 2 heterocycles. The van der Waals surface area contributed by atoms with Crippen molar-refractivity contribution in [1.82, 2.24) is 10.3 Å². The molecule has 1 atom stereocenters. The topological polar surface area (TPSA) is 28.2 Å². The van der Waals surface area contributed by atoms with Crippen molar-refractivity contribution in [2.24, 2.45) is 5.92 Å². The largest absolute Gasteiger partial charge is 0.371 e. The van der Waals surface area contributed by atoms with Gasteiger partial charge in [0, 0.05) is 37.6 Å². The molecule has 3 nitrogen and oxygen atoms in total. The predicted octanol–water partition coefficient (Wildman–Crippen LogP) is 3.21. The zero-order valence-electron chi connectivity index (χ0n) is 12.5. The van der Waals surface area contributed by atoms with Crippen LogP contribution in [0.15, 0.2) is 18.3 Å². The zero-order valence-corrected chi connectivity index (χ0v) is 12.5. The van der Waals surface area contributed by atoms with Crippen LogP contribution in [0.1, 0.15) is 45.7 Å². The summed E-state index contributed by atoms with van der Waals surface area (Å²) in [6, 6.07) is 4.90. The van der Waals surface area contributed by atoms with Crippen molar-refractivity contribution in [2.75, 3.05) is 18.0 Å². The molecule has 0 saturated carbocycles. The number of nitrogens with zero attached hydrogens (tertiary/aromatic N) is 2. The third kappa shape index (κ3) is 4.20. The molecule has 1 aromatic rings. The normalized spacial score (nSPS) is 20.0. The van der Waals surface area contributed by atoms with Crippen LogP contribution < -0.4 is 10.2 Å². The van der Waals surface area contributed by atoms with Crippen LogP contribution in [-0.4, -0.2) is 24.1 Å². The number of piperidine rings is 1. The number of hydrogen-bond donors (Lipinski definition) is 1. The lowest BCUT2D eigenvalue weighted by Gasteiger charge is -2.34. The van der Waals surface area contributed by atoms with Crippen LogP contribution in [0.5, 0.6) is 0 Å². The molecule has 0 amide bonds. The number of nitrogens with one attached hydrogen (secondary N) is 1. The maximum Gasteiger partial charge on any atom is 0.0562 e. The van der Waals surface area contributed by atoms with E-state index in [-0.39, 0.29) is 0 Å². The van der Waals surface area contributed by atoms with Gasteiger partial charge in [-0.3, -0.25) is 4.98 Å². The Morgan fingerprint density at radius 2 is 2.32 bits per heavy atom. The lowest BCUT2D eigenvalue weighted by atomic mass is 9.95. The van der Waals surface area contributed by atoms with Gasteiger partial charge in [0.05, 0.1) is 5.69 Å². The van der Waals surface area contributed by atoms with E-state index in [0.29, 0.717) is 6.04 Å². The van der Waals surface area contributed by atoms with E-state index in [1.807, 2.05) is 6.20 Å². The summed E-state index contributed by atoms with van der Waals surface area (Å²) in [5, 5.41) is 3.43. The average Bonchev–Trinajstić information content (AvgIpc) is 2.45. The Hall–Kier alpha value is -1.09. The highest BCUT2D eigenvalue weighted by Gasteiger charge is 2.18. The number of hydrogen-bond acceptors (Lipinski definition) is 3. The summed E-state index contributed by atoms with van der Waals surface area (Å²) in [6.45, 7) is 9.89. The van der Waals surface area contributed by atoms with Gasteiger partial charge in [-0.1, -0.05) is 27.2 Å². The van der Waals surface area contributed by atoms with E-state index < -0.39 is 0 Å². The van der Waals surface area contributed by atoms with Crippen molar-refractivity contribution in [1.29, 1.82) is 0 Å². The minimum atomic E-state index is 0.505. The van der Waals surface area contributed by atoms with Gasteiger partial charge in [0.2, 0.25) is 0 Å². The number of aromatic nitrogens is 1. The molecule has 0 aromatic carbocycles. The minimum Gasteiger partial charge on any atom is -0.371 e. The lowest BCUT2D eigenvalue weighted by molar-refractivity contribution is 0.404. The monoisotopic (exact) mass is 261 g/mol. The Balaban J connectivity index is 2.01. The van der Waals surface area contributed by atoms with Gasteiger partial charge >= 0.3 is 0 Å². The van der Waals surface area contributed by atoms with Crippen molar-refractivity contribution in [2.45, 2.75) is 52.6 Å². The molecule has 1 aromatic heterocycles. The summed E-state index contributed by atoms with van der Waals surface area (Å²) in [6.07, 6.45) is 5.95. The number of pyridine rings is 1. The molecule has 3 heteroatoms. The summed E-state index contributed by atoms with van der Waals surface area (Å²) in [4.78, 5) is 6.98. The van der Waals surface area contributed by atoms with Crippen molar-refractivity contribution < 1.29 is 0 Å². The molecule has 1 aliphatic heterocycles. The third-order valence-electron chi connectivity index (χ3n) is 3.95. The Morgan fingerprint density at radius 1 is 1.47 bits per heavy atom. The lowest BCUT2D eigenvalue weighted by Crippen LogP contribution is -2.35. The van der Waals surface area contributed by atoms with Crippen molar-refractivity contribution in [3.8, 4) is 0 Å². The quantitative estimate of drug-likeness (QED) is 0.882. The van der Waals surface area contributed by atoms with E-state index in [1.165, 1.54) is 38.0 Å². The summed E-state index contributed by atoms with van der Waals surface area (Å²) in [7, 11) is 0. The first-order chi connectivity index (χ1) is 9.19. The molecule has 106 valence electrons. The van der Waals surface area contributed by atoms with E-state index in [9.17, 15) is 0 Å². The molecule has 1 aliphatic rings. The van der Waals surface area contributed by atoms with Crippen molar-refractivity contribution in [3.63, 3.8) is 0 Å². The van der Waals surface area contributed by atoms with Gasteiger partial charge in [0.15, 0.2) is 0 Å². The van der Waals surface area contributed by atoms with Gasteiger partial charge in [-0.25, -0.2) is 0 Å². The fourth-order valence-corrected chi connectivity index (χ4v) is 2.70. The summed E-state index contributed by atoms with van der Waals surface area (Å²) in [5.74, 6) is 0.860. The first-order valence-corrected chi connectivity index (χ1v) is 7.62. The third-order valence-corrected chi connectivity index (χ3v) is 3.95. The summed E-state index contributed by atoms with van der Waals surface area (Å²) >= 11 is 0. The van der Waals surface area contributed by atoms with E-state index in [2.05, 4.69) is 48.1 Å². The first-order valence-electron chi connectivity index (χ1n) is 7.62. The van der Waals surface area contributed by atoms with Crippen LogP contribution in [-0.2, 0) is 6.54 Å². The maximum absolute atomic E-state index is 4.46. The van der Waals surface area contributed by atoms with Gasteiger partial charge in [0.1, 0.15) is 0 Å². The van der Waals surface area contributed by atoms with Crippen LogP contribution in [0.25, 0.3) is 0 Å². The van der Waals surface area contributed by atoms with E-state index in [1.54, 1.807) is 0 Å². The molecule has 0 bridgehead atoms. The van der Waals surface area contributed by atoms with Crippen LogP contribution in [0.4, 0.5) is 5.69 Å². The van der Waals surface area contributed by atoms with Gasteiger partial charge in [-0.05, 0) is 30.9 Å². The zero-order chi connectivity index (χ0) is 13.7. The highest BCUT2D eigenvalue weighted by molar-refractivity contribution is 5.47. The Labute approximate surface area is 117 Å². The van der Waals surface area contributed by atoms with Crippen molar-refractivity contribution >= 4 is 5.69 Å². The SMILES string of the molecule is CCC1CCCN(c2ccnc(CNC(C)C)c2)C1. The van der Waals surface area contributed by atoms with Crippen LogP contribution in [0.2, 0.25) is 0 Å². The Kier molecular flexibility index (Phi) is 5.20. The standard InChI is InChI=1S/C16H27N3/c1-4-14-6-5-9-19(12-14)16-7-8-17-15(10-16)11-18-13(2)3/h7-8,10,13-14,18H,4-6,9,11-12H2,1-3H3. The highest BCUT2D eigenvalue weighted by atomic mass is 15.1. The van der Waals surface area contributed by atoms with Crippen LogP contribution in [0.3, 0.4) is 0 Å². The molecule has 1 fully saturated rings. The van der Waals surface area contributed by atoms with Crippen molar-refractivity contribution in [3.05, 3.63) is 24.0 Å². The minimum absolute atomic E-state index is 0.505. The molecule has 0 aliphatic carbocycles. The second-order valence-electron chi connectivity index (χ2n) is 5.90. The van der Waals surface area contributed by atoms with Gasteiger partial charge in [0.25, 0.3) is 0 Å².